The van der Waals surface area contributed by atoms with E-state index in [2.05, 4.69) is 0 Å². The van der Waals surface area contributed by atoms with E-state index in [1.807, 2.05) is 0 Å². The molecule has 3 aliphatic heterocycles. The fourth-order valence-corrected chi connectivity index (χ4v) is 8.80. The molecule has 0 saturated carbocycles. The maximum atomic E-state index is 13.5. The lowest BCUT2D eigenvalue weighted by molar-refractivity contribution is -0.118. The van der Waals surface area contributed by atoms with Crippen molar-refractivity contribution in [2.24, 2.45) is 0 Å². The summed E-state index contributed by atoms with van der Waals surface area (Å²) in [5, 5.41) is -0.466. The van der Waals surface area contributed by atoms with Crippen LogP contribution in [0.1, 0.15) is 34.8 Å². The fraction of sp³-hybridized carbons (Fsp3) is 0.409. The molecule has 0 radical (unpaired) electrons. The molecule has 1 fully saturated rings. The normalized spacial score (nSPS) is 23.1. The zero-order valence-electron chi connectivity index (χ0n) is 17.3. The van der Waals surface area contributed by atoms with Crippen LogP contribution in [-0.2, 0) is 37.5 Å². The Balaban J connectivity index is 1.47. The molecule has 0 aliphatic carbocycles. The minimum atomic E-state index is -3.88. The maximum absolute atomic E-state index is 13.5. The third-order valence-corrected chi connectivity index (χ3v) is 10.9. The van der Waals surface area contributed by atoms with Gasteiger partial charge in [0, 0.05) is 31.1 Å². The highest BCUT2D eigenvalue weighted by Gasteiger charge is 2.38. The molecule has 0 spiro atoms. The Bertz CT molecular complexity index is 1320. The maximum Gasteiger partial charge on any atom is 0.243 e. The number of hydrogen-bond acceptors (Lipinski definition) is 5. The van der Waals surface area contributed by atoms with Gasteiger partial charge < -0.3 is 4.90 Å². The van der Waals surface area contributed by atoms with Crippen LogP contribution in [0.2, 0.25) is 5.02 Å². The molecule has 5 rings (SSSR count). The van der Waals surface area contributed by atoms with Crippen LogP contribution < -0.4 is 4.90 Å². The molecule has 32 heavy (non-hydrogen) atoms. The first-order valence-electron chi connectivity index (χ1n) is 10.6. The van der Waals surface area contributed by atoms with Gasteiger partial charge in [0.15, 0.2) is 9.84 Å². The molecule has 3 heterocycles. The van der Waals surface area contributed by atoms with Crippen LogP contribution in [0.5, 0.6) is 0 Å². The van der Waals surface area contributed by atoms with E-state index in [1.54, 1.807) is 41.3 Å². The van der Waals surface area contributed by atoms with Crippen molar-refractivity contribution in [1.29, 1.82) is 0 Å². The monoisotopic (exact) mass is 494 g/mol. The molecule has 1 unspecified atom stereocenters. The number of sulfonamides is 1. The first kappa shape index (κ1) is 21.9. The Kier molecular flexibility index (Phi) is 5.35. The van der Waals surface area contributed by atoms with Crippen molar-refractivity contribution in [2.75, 3.05) is 30.3 Å². The third kappa shape index (κ3) is 3.55. The lowest BCUT2D eigenvalue weighted by Gasteiger charge is -2.26. The summed E-state index contributed by atoms with van der Waals surface area (Å²) < 4.78 is 54.3. The fourth-order valence-electron chi connectivity index (χ4n) is 4.97. The van der Waals surface area contributed by atoms with E-state index in [0.717, 1.165) is 16.8 Å². The number of rotatable bonds is 3. The van der Waals surface area contributed by atoms with Crippen molar-refractivity contribution in [3.8, 4) is 0 Å². The molecular weight excluding hydrogens is 472 g/mol. The van der Waals surface area contributed by atoms with E-state index >= 15 is 0 Å². The highest BCUT2D eigenvalue weighted by atomic mass is 35.5. The van der Waals surface area contributed by atoms with Crippen molar-refractivity contribution in [1.82, 2.24) is 4.31 Å². The Morgan fingerprint density at radius 2 is 1.69 bits per heavy atom. The van der Waals surface area contributed by atoms with Gasteiger partial charge in [0.25, 0.3) is 0 Å². The Morgan fingerprint density at radius 3 is 2.44 bits per heavy atom. The molecule has 1 saturated heterocycles. The number of nitrogens with zero attached hydrogens (tertiary/aromatic N) is 2. The molecule has 2 aromatic rings. The Morgan fingerprint density at radius 1 is 0.969 bits per heavy atom. The highest BCUT2D eigenvalue weighted by Crippen LogP contribution is 2.40. The first-order chi connectivity index (χ1) is 15.2. The van der Waals surface area contributed by atoms with E-state index in [0.29, 0.717) is 36.4 Å². The molecule has 2 aromatic carbocycles. The molecule has 170 valence electrons. The number of benzene rings is 2. The summed E-state index contributed by atoms with van der Waals surface area (Å²) in [5.41, 5.74) is 3.11. The number of anilines is 1. The van der Waals surface area contributed by atoms with Crippen LogP contribution in [0.3, 0.4) is 0 Å². The minimum Gasteiger partial charge on any atom is -0.312 e. The molecule has 1 atom stereocenters. The van der Waals surface area contributed by atoms with E-state index < -0.39 is 25.1 Å². The van der Waals surface area contributed by atoms with Gasteiger partial charge in [-0.3, -0.25) is 4.79 Å². The van der Waals surface area contributed by atoms with Crippen molar-refractivity contribution in [3.63, 3.8) is 0 Å². The van der Waals surface area contributed by atoms with Gasteiger partial charge in [0.05, 0.1) is 21.6 Å². The molecule has 0 aromatic heterocycles. The summed E-state index contributed by atoms with van der Waals surface area (Å²) >= 11 is 6.25. The second-order valence-electron chi connectivity index (χ2n) is 8.46. The second-order valence-corrected chi connectivity index (χ2v) is 13.1. The van der Waals surface area contributed by atoms with Crippen LogP contribution in [0.25, 0.3) is 0 Å². The zero-order chi connectivity index (χ0) is 22.7. The summed E-state index contributed by atoms with van der Waals surface area (Å²) in [6, 6.07) is 10.1. The third-order valence-electron chi connectivity index (χ3n) is 6.61. The summed E-state index contributed by atoms with van der Waals surface area (Å²) in [6.07, 6.45) is 1.66. The molecule has 3 aliphatic rings. The van der Waals surface area contributed by atoms with Crippen LogP contribution in [0.4, 0.5) is 5.69 Å². The van der Waals surface area contributed by atoms with Gasteiger partial charge in [0.1, 0.15) is 0 Å². The van der Waals surface area contributed by atoms with Crippen LogP contribution in [0, 0.1) is 0 Å². The number of carbonyl (C=O) groups is 1. The van der Waals surface area contributed by atoms with Gasteiger partial charge >= 0.3 is 0 Å². The van der Waals surface area contributed by atoms with Gasteiger partial charge in [-0.2, -0.15) is 4.31 Å². The average molecular weight is 495 g/mol. The Hall–Kier alpha value is -1.94. The smallest absolute Gasteiger partial charge is 0.243 e. The van der Waals surface area contributed by atoms with E-state index in [4.69, 9.17) is 11.6 Å². The lowest BCUT2D eigenvalue weighted by Crippen LogP contribution is -2.34. The van der Waals surface area contributed by atoms with Crippen LogP contribution in [0.15, 0.2) is 41.3 Å². The van der Waals surface area contributed by atoms with Gasteiger partial charge in [-0.25, -0.2) is 16.8 Å². The number of hydrogen-bond donors (Lipinski definition) is 0. The summed E-state index contributed by atoms with van der Waals surface area (Å²) in [7, 11) is -7.45. The second kappa shape index (κ2) is 7.83. The number of aryl methyl sites for hydroxylation is 1. The summed E-state index contributed by atoms with van der Waals surface area (Å²) in [4.78, 5) is 14.1. The van der Waals surface area contributed by atoms with Gasteiger partial charge in [0.2, 0.25) is 15.9 Å². The molecule has 10 heteroatoms. The van der Waals surface area contributed by atoms with Gasteiger partial charge in [-0.1, -0.05) is 29.8 Å². The van der Waals surface area contributed by atoms with E-state index in [-0.39, 0.29) is 36.1 Å². The van der Waals surface area contributed by atoms with Crippen molar-refractivity contribution in [3.05, 3.63) is 58.1 Å². The average Bonchev–Trinajstić information content (AvgIpc) is 3.12. The minimum absolute atomic E-state index is 0.0789. The number of carbonyl (C=O) groups excluding carboxylic acids is 1. The van der Waals surface area contributed by atoms with Crippen molar-refractivity contribution < 1.29 is 21.6 Å². The Labute approximate surface area is 192 Å². The van der Waals surface area contributed by atoms with Crippen molar-refractivity contribution in [2.45, 2.75) is 35.8 Å². The quantitative estimate of drug-likeness (QED) is 0.654. The SMILES string of the molecule is O=C1CCc2cc(S(=O)(=O)N3CCC(c4ccccc4Cl)S(=O)(=O)CC3)cc3c2N1CC3. The largest absolute Gasteiger partial charge is 0.312 e. The van der Waals surface area contributed by atoms with E-state index in [1.165, 1.54) is 4.31 Å². The number of halogens is 1. The number of amides is 1. The molecule has 7 nitrogen and oxygen atoms in total. The molecular formula is C22H23ClN2O5S2. The van der Waals surface area contributed by atoms with Crippen molar-refractivity contribution >= 4 is 43.1 Å². The molecule has 0 N–H and O–H groups in total. The summed E-state index contributed by atoms with van der Waals surface area (Å²) in [6.45, 7) is 0.573. The first-order valence-corrected chi connectivity index (χ1v) is 14.1. The van der Waals surface area contributed by atoms with E-state index in [9.17, 15) is 21.6 Å². The topological polar surface area (TPSA) is 91.8 Å². The predicted molar refractivity (Wildman–Crippen MR) is 122 cm³/mol. The highest BCUT2D eigenvalue weighted by molar-refractivity contribution is 7.92. The van der Waals surface area contributed by atoms with Gasteiger partial charge in [-0.05, 0) is 54.2 Å². The standard InChI is InChI=1S/C22H23ClN2O5S2/c23-19-4-2-1-3-18(19)20-8-9-24(11-12-31(20,27)28)32(29,30)17-13-15-5-6-21(26)25-10-7-16(14-17)22(15)25/h1-4,13-14,20H,5-12H2. The zero-order valence-corrected chi connectivity index (χ0v) is 19.7. The van der Waals surface area contributed by atoms with Crippen LogP contribution >= 0.6 is 11.6 Å². The lowest BCUT2D eigenvalue weighted by atomic mass is 10.00. The number of sulfone groups is 1. The molecule has 1 amide bonds. The van der Waals surface area contributed by atoms with Gasteiger partial charge in [-0.15, -0.1) is 0 Å². The molecule has 0 bridgehead atoms. The van der Waals surface area contributed by atoms with Crippen LogP contribution in [-0.4, -0.2) is 52.4 Å². The summed E-state index contributed by atoms with van der Waals surface area (Å²) in [5.74, 6) is -0.183. The predicted octanol–water partition coefficient (Wildman–Crippen LogP) is 2.73.